The van der Waals surface area contributed by atoms with Crippen molar-refractivity contribution < 1.29 is 9.53 Å². The molecule has 1 N–H and O–H groups in total. The molecule has 1 atom stereocenters. The van der Waals surface area contributed by atoms with E-state index in [2.05, 4.69) is 5.32 Å². The van der Waals surface area contributed by atoms with Gasteiger partial charge in [-0.25, -0.2) is 0 Å². The quantitative estimate of drug-likeness (QED) is 0.784. The molecule has 0 spiro atoms. The Morgan fingerprint density at radius 1 is 1.28 bits per heavy atom. The van der Waals surface area contributed by atoms with Gasteiger partial charge < -0.3 is 10.1 Å². The van der Waals surface area contributed by atoms with E-state index >= 15 is 0 Å². The number of rotatable bonds is 6. The first-order valence-corrected chi connectivity index (χ1v) is 8.67. The van der Waals surface area contributed by atoms with Crippen molar-refractivity contribution in [3.63, 3.8) is 0 Å². The Kier molecular flexibility index (Phi) is 6.71. The first-order valence-electron chi connectivity index (χ1n) is 7.92. The van der Waals surface area contributed by atoms with Crippen molar-refractivity contribution in [1.29, 1.82) is 0 Å². The van der Waals surface area contributed by atoms with E-state index in [4.69, 9.17) is 27.9 Å². The molecular formula is C19H22Cl2N2O2. The first kappa shape index (κ1) is 19.6. The highest BCUT2D eigenvalue weighted by Crippen LogP contribution is 2.28. The molecule has 0 bridgehead atoms. The number of methoxy groups -OCH3 is 1. The van der Waals surface area contributed by atoms with Gasteiger partial charge in [0.1, 0.15) is 5.75 Å². The molecule has 134 valence electrons. The average Bonchev–Trinajstić information content (AvgIpc) is 2.58. The number of benzene rings is 2. The van der Waals surface area contributed by atoms with Crippen molar-refractivity contribution in [3.8, 4) is 5.75 Å². The summed E-state index contributed by atoms with van der Waals surface area (Å²) in [7, 11) is 3.45. The molecule has 2 aromatic rings. The fraction of sp³-hybridized carbons (Fsp3) is 0.316. The number of likely N-dealkylation sites (N-methyl/N-ethyl adjacent to an activating group) is 1. The average molecular weight is 381 g/mol. The van der Waals surface area contributed by atoms with E-state index in [1.807, 2.05) is 56.1 Å². The lowest BCUT2D eigenvalue weighted by Gasteiger charge is -2.25. The second-order valence-electron chi connectivity index (χ2n) is 6.00. The second kappa shape index (κ2) is 8.56. The van der Waals surface area contributed by atoms with Crippen LogP contribution in [0.4, 0.5) is 5.69 Å². The predicted molar refractivity (Wildman–Crippen MR) is 104 cm³/mol. The Morgan fingerprint density at radius 3 is 2.68 bits per heavy atom. The molecular weight excluding hydrogens is 359 g/mol. The zero-order chi connectivity index (χ0) is 18.6. The van der Waals surface area contributed by atoms with Crippen molar-refractivity contribution in [2.45, 2.75) is 26.4 Å². The Hall–Kier alpha value is -1.75. The van der Waals surface area contributed by atoms with Crippen molar-refractivity contribution in [2.24, 2.45) is 0 Å². The molecule has 0 aliphatic rings. The van der Waals surface area contributed by atoms with E-state index in [1.165, 1.54) is 0 Å². The maximum atomic E-state index is 12.6. The number of carbonyl (C=O) groups excluding carboxylic acids is 1. The number of hydrogen-bond acceptors (Lipinski definition) is 3. The highest BCUT2D eigenvalue weighted by atomic mass is 35.5. The van der Waals surface area contributed by atoms with E-state index in [0.717, 1.165) is 11.1 Å². The number of aryl methyl sites for hydroxylation is 1. The number of carbonyl (C=O) groups is 1. The molecule has 2 aromatic carbocycles. The Morgan fingerprint density at radius 2 is 2.00 bits per heavy atom. The normalized spacial score (nSPS) is 12.1. The molecule has 0 saturated carbocycles. The fourth-order valence-electron chi connectivity index (χ4n) is 2.43. The highest BCUT2D eigenvalue weighted by molar-refractivity contribution is 6.42. The zero-order valence-electron chi connectivity index (χ0n) is 14.8. The van der Waals surface area contributed by atoms with Crippen molar-refractivity contribution in [3.05, 3.63) is 57.6 Å². The topological polar surface area (TPSA) is 41.6 Å². The summed E-state index contributed by atoms with van der Waals surface area (Å²) >= 11 is 12.3. The van der Waals surface area contributed by atoms with Gasteiger partial charge in [-0.05, 0) is 50.2 Å². The fourth-order valence-corrected chi connectivity index (χ4v) is 2.81. The molecule has 2 rings (SSSR count). The smallest absolute Gasteiger partial charge is 0.241 e. The summed E-state index contributed by atoms with van der Waals surface area (Å²) in [5.41, 5.74) is 2.58. The van der Waals surface area contributed by atoms with Crippen LogP contribution in [-0.2, 0) is 11.3 Å². The maximum Gasteiger partial charge on any atom is 0.241 e. The summed E-state index contributed by atoms with van der Waals surface area (Å²) in [5, 5.41) is 3.96. The van der Waals surface area contributed by atoms with Crippen molar-refractivity contribution in [2.75, 3.05) is 19.5 Å². The van der Waals surface area contributed by atoms with Gasteiger partial charge in [0, 0.05) is 6.54 Å². The minimum atomic E-state index is -0.361. The van der Waals surface area contributed by atoms with Gasteiger partial charge >= 0.3 is 0 Å². The zero-order valence-corrected chi connectivity index (χ0v) is 16.3. The van der Waals surface area contributed by atoms with Crippen LogP contribution in [-0.4, -0.2) is 31.0 Å². The van der Waals surface area contributed by atoms with Crippen LogP contribution >= 0.6 is 23.2 Å². The SMILES string of the molecule is COc1ccc(C)cc1NC(=O)C(C)N(C)Cc1cccc(Cl)c1Cl. The molecule has 0 saturated heterocycles. The lowest BCUT2D eigenvalue weighted by Crippen LogP contribution is -2.39. The predicted octanol–water partition coefficient (Wildman–Crippen LogP) is 4.77. The monoisotopic (exact) mass is 380 g/mol. The van der Waals surface area contributed by atoms with Gasteiger partial charge in [-0.1, -0.05) is 41.4 Å². The number of ether oxygens (including phenoxy) is 1. The Labute approximate surface area is 158 Å². The van der Waals surface area contributed by atoms with Crippen LogP contribution in [0.5, 0.6) is 5.75 Å². The molecule has 0 aliphatic heterocycles. The van der Waals surface area contributed by atoms with Gasteiger partial charge in [-0.3, -0.25) is 9.69 Å². The summed E-state index contributed by atoms with van der Waals surface area (Å²) < 4.78 is 5.31. The molecule has 1 unspecified atom stereocenters. The van der Waals surface area contributed by atoms with Gasteiger partial charge in [0.15, 0.2) is 0 Å². The van der Waals surface area contributed by atoms with E-state index in [-0.39, 0.29) is 11.9 Å². The minimum absolute atomic E-state index is 0.121. The number of nitrogens with zero attached hydrogens (tertiary/aromatic N) is 1. The number of nitrogens with one attached hydrogen (secondary N) is 1. The lowest BCUT2D eigenvalue weighted by molar-refractivity contribution is -0.120. The van der Waals surface area contributed by atoms with Crippen LogP contribution in [0.25, 0.3) is 0 Å². The van der Waals surface area contributed by atoms with Crippen LogP contribution in [0.15, 0.2) is 36.4 Å². The number of amides is 1. The van der Waals surface area contributed by atoms with Gasteiger partial charge in [0.05, 0.1) is 28.9 Å². The Balaban J connectivity index is 2.09. The Bertz CT molecular complexity index is 765. The molecule has 4 nitrogen and oxygen atoms in total. The third-order valence-electron chi connectivity index (χ3n) is 4.10. The summed E-state index contributed by atoms with van der Waals surface area (Å²) in [6.07, 6.45) is 0. The standard InChI is InChI=1S/C19H22Cl2N2O2/c1-12-8-9-17(25-4)16(10-12)22-19(24)13(2)23(3)11-14-6-5-7-15(20)18(14)21/h5-10,13H,11H2,1-4H3,(H,22,24). The van der Waals surface area contributed by atoms with E-state index in [0.29, 0.717) is 28.0 Å². The summed E-state index contributed by atoms with van der Waals surface area (Å²) in [5.74, 6) is 0.510. The molecule has 0 fully saturated rings. The third kappa shape index (κ3) is 4.88. The van der Waals surface area contributed by atoms with Crippen LogP contribution in [0, 0.1) is 6.92 Å². The van der Waals surface area contributed by atoms with E-state index in [1.54, 1.807) is 13.2 Å². The molecule has 0 aliphatic carbocycles. The third-order valence-corrected chi connectivity index (χ3v) is 4.96. The highest BCUT2D eigenvalue weighted by Gasteiger charge is 2.20. The minimum Gasteiger partial charge on any atom is -0.495 e. The van der Waals surface area contributed by atoms with Crippen molar-refractivity contribution >= 4 is 34.8 Å². The van der Waals surface area contributed by atoms with Gasteiger partial charge in [-0.2, -0.15) is 0 Å². The van der Waals surface area contributed by atoms with Crippen LogP contribution in [0.3, 0.4) is 0 Å². The molecule has 0 radical (unpaired) electrons. The first-order chi connectivity index (χ1) is 11.8. The lowest BCUT2D eigenvalue weighted by atomic mass is 10.1. The number of halogens is 2. The van der Waals surface area contributed by atoms with Gasteiger partial charge in [0.25, 0.3) is 0 Å². The van der Waals surface area contributed by atoms with Crippen molar-refractivity contribution in [1.82, 2.24) is 4.90 Å². The molecule has 1 amide bonds. The summed E-state index contributed by atoms with van der Waals surface area (Å²) in [6, 6.07) is 10.8. The molecule has 6 heteroatoms. The largest absolute Gasteiger partial charge is 0.495 e. The molecule has 0 heterocycles. The summed E-state index contributed by atoms with van der Waals surface area (Å²) in [6.45, 7) is 4.32. The van der Waals surface area contributed by atoms with Crippen LogP contribution in [0.1, 0.15) is 18.1 Å². The van der Waals surface area contributed by atoms with Gasteiger partial charge in [0.2, 0.25) is 5.91 Å². The number of hydrogen-bond donors (Lipinski definition) is 1. The molecule has 25 heavy (non-hydrogen) atoms. The van der Waals surface area contributed by atoms with E-state index < -0.39 is 0 Å². The summed E-state index contributed by atoms with van der Waals surface area (Å²) in [4.78, 5) is 14.5. The number of anilines is 1. The van der Waals surface area contributed by atoms with Gasteiger partial charge in [-0.15, -0.1) is 0 Å². The molecule has 0 aromatic heterocycles. The maximum absolute atomic E-state index is 12.6. The van der Waals surface area contributed by atoms with Crippen LogP contribution in [0.2, 0.25) is 10.0 Å². The van der Waals surface area contributed by atoms with E-state index in [9.17, 15) is 4.79 Å². The van der Waals surface area contributed by atoms with Crippen LogP contribution < -0.4 is 10.1 Å². The second-order valence-corrected chi connectivity index (χ2v) is 6.78.